The average molecular weight is 466 g/mol. The zero-order valence-electron chi connectivity index (χ0n) is 18.2. The standard InChI is InChI=1S/C26H24ClNO5/c1-31-25(29)16-18-6-5-9-21(15-18)32-13-12-24-26(30)28(17-19-7-4-8-20(27)14-19)22-10-2-3-11-23(22)33-24/h2-11,14-15,24H,12-13,16-17H2,1H3. The zero-order valence-corrected chi connectivity index (χ0v) is 19.0. The van der Waals surface area contributed by atoms with E-state index in [1.54, 1.807) is 17.0 Å². The molecule has 1 heterocycles. The van der Waals surface area contributed by atoms with Gasteiger partial charge in [-0.3, -0.25) is 9.59 Å². The summed E-state index contributed by atoms with van der Waals surface area (Å²) in [7, 11) is 1.36. The lowest BCUT2D eigenvalue weighted by Gasteiger charge is -2.34. The van der Waals surface area contributed by atoms with Gasteiger partial charge in [-0.15, -0.1) is 0 Å². The second-order valence-electron chi connectivity index (χ2n) is 7.67. The quantitative estimate of drug-likeness (QED) is 0.446. The molecule has 1 aliphatic heterocycles. The van der Waals surface area contributed by atoms with Gasteiger partial charge in [-0.2, -0.15) is 0 Å². The maximum Gasteiger partial charge on any atom is 0.309 e. The van der Waals surface area contributed by atoms with E-state index in [-0.39, 0.29) is 24.9 Å². The number of halogens is 1. The molecule has 3 aromatic carbocycles. The Morgan fingerprint density at radius 2 is 1.82 bits per heavy atom. The average Bonchev–Trinajstić information content (AvgIpc) is 2.82. The first-order chi connectivity index (χ1) is 16.0. The van der Waals surface area contributed by atoms with E-state index in [2.05, 4.69) is 0 Å². The fourth-order valence-corrected chi connectivity index (χ4v) is 3.92. The van der Waals surface area contributed by atoms with Crippen molar-refractivity contribution in [3.05, 3.63) is 88.9 Å². The second-order valence-corrected chi connectivity index (χ2v) is 8.10. The zero-order chi connectivity index (χ0) is 23.2. The third kappa shape index (κ3) is 5.65. The number of hydrogen-bond acceptors (Lipinski definition) is 5. The number of rotatable bonds is 8. The van der Waals surface area contributed by atoms with Crippen LogP contribution in [0.2, 0.25) is 5.02 Å². The minimum absolute atomic E-state index is 0.128. The lowest BCUT2D eigenvalue weighted by atomic mass is 10.1. The number of amides is 1. The number of fused-ring (bicyclic) bond motifs is 1. The van der Waals surface area contributed by atoms with E-state index in [0.29, 0.717) is 29.5 Å². The number of carbonyl (C=O) groups is 2. The Hall–Kier alpha value is -3.51. The fraction of sp³-hybridized carbons (Fsp3) is 0.231. The highest BCUT2D eigenvalue weighted by atomic mass is 35.5. The first kappa shape index (κ1) is 22.7. The third-order valence-electron chi connectivity index (χ3n) is 5.32. The van der Waals surface area contributed by atoms with Gasteiger partial charge in [-0.1, -0.05) is 48.0 Å². The molecule has 6 nitrogen and oxygen atoms in total. The third-order valence-corrected chi connectivity index (χ3v) is 5.55. The van der Waals surface area contributed by atoms with Crippen LogP contribution in [0.3, 0.4) is 0 Å². The van der Waals surface area contributed by atoms with Gasteiger partial charge in [0.15, 0.2) is 6.10 Å². The lowest BCUT2D eigenvalue weighted by molar-refractivity contribution is -0.139. The van der Waals surface area contributed by atoms with Crippen molar-refractivity contribution in [3.63, 3.8) is 0 Å². The van der Waals surface area contributed by atoms with Gasteiger partial charge >= 0.3 is 5.97 Å². The van der Waals surface area contributed by atoms with E-state index in [4.69, 9.17) is 25.8 Å². The number of carbonyl (C=O) groups excluding carboxylic acids is 2. The molecule has 33 heavy (non-hydrogen) atoms. The Bertz CT molecular complexity index is 1150. The first-order valence-corrected chi connectivity index (χ1v) is 11.0. The molecule has 1 amide bonds. The molecule has 4 rings (SSSR count). The Kier molecular flexibility index (Phi) is 7.15. The Balaban J connectivity index is 1.44. The van der Waals surface area contributed by atoms with Gasteiger partial charge in [0.25, 0.3) is 5.91 Å². The highest BCUT2D eigenvalue weighted by Crippen LogP contribution is 2.35. The van der Waals surface area contributed by atoms with E-state index in [9.17, 15) is 9.59 Å². The predicted octanol–water partition coefficient (Wildman–Crippen LogP) is 4.82. The minimum Gasteiger partial charge on any atom is -0.493 e. The summed E-state index contributed by atoms with van der Waals surface area (Å²) in [5.41, 5.74) is 2.46. The molecule has 0 aromatic heterocycles. The van der Waals surface area contributed by atoms with Gasteiger partial charge in [0.1, 0.15) is 11.5 Å². The van der Waals surface area contributed by atoms with Gasteiger partial charge in [0.2, 0.25) is 0 Å². The molecule has 0 saturated heterocycles. The monoisotopic (exact) mass is 465 g/mol. The molecule has 0 spiro atoms. The molecule has 0 radical (unpaired) electrons. The van der Waals surface area contributed by atoms with Crippen molar-refractivity contribution in [1.82, 2.24) is 0 Å². The van der Waals surface area contributed by atoms with E-state index in [1.807, 2.05) is 60.7 Å². The maximum atomic E-state index is 13.3. The van der Waals surface area contributed by atoms with Crippen molar-refractivity contribution in [2.24, 2.45) is 0 Å². The summed E-state index contributed by atoms with van der Waals surface area (Å²) in [6.07, 6.45) is -0.120. The smallest absolute Gasteiger partial charge is 0.309 e. The molecule has 1 atom stereocenters. The van der Waals surface area contributed by atoms with Gasteiger partial charge in [-0.05, 0) is 47.5 Å². The van der Waals surface area contributed by atoms with Crippen molar-refractivity contribution in [2.75, 3.05) is 18.6 Å². The van der Waals surface area contributed by atoms with Gasteiger partial charge in [0, 0.05) is 11.4 Å². The second kappa shape index (κ2) is 10.4. The van der Waals surface area contributed by atoms with Crippen LogP contribution in [0.25, 0.3) is 0 Å². The van der Waals surface area contributed by atoms with Crippen LogP contribution < -0.4 is 14.4 Å². The number of esters is 1. The van der Waals surface area contributed by atoms with Crippen LogP contribution >= 0.6 is 11.6 Å². The summed E-state index contributed by atoms with van der Waals surface area (Å²) in [6.45, 7) is 0.679. The number of methoxy groups -OCH3 is 1. The number of anilines is 1. The number of hydrogen-bond donors (Lipinski definition) is 0. The van der Waals surface area contributed by atoms with Gasteiger partial charge in [-0.25, -0.2) is 0 Å². The lowest BCUT2D eigenvalue weighted by Crippen LogP contribution is -2.46. The molecule has 1 unspecified atom stereocenters. The van der Waals surface area contributed by atoms with Crippen LogP contribution in [0.1, 0.15) is 17.5 Å². The molecule has 0 N–H and O–H groups in total. The van der Waals surface area contributed by atoms with Crippen LogP contribution in [-0.2, 0) is 27.3 Å². The van der Waals surface area contributed by atoms with Crippen molar-refractivity contribution in [3.8, 4) is 11.5 Å². The fourth-order valence-electron chi connectivity index (χ4n) is 3.71. The van der Waals surface area contributed by atoms with E-state index in [0.717, 1.165) is 16.8 Å². The van der Waals surface area contributed by atoms with Crippen LogP contribution in [-0.4, -0.2) is 31.7 Å². The minimum atomic E-state index is -0.669. The Morgan fingerprint density at radius 1 is 1.03 bits per heavy atom. The summed E-state index contributed by atoms with van der Waals surface area (Å²) in [4.78, 5) is 26.5. The number of para-hydroxylation sites is 2. The van der Waals surface area contributed by atoms with Gasteiger partial charge in [0.05, 0.1) is 32.4 Å². The highest BCUT2D eigenvalue weighted by Gasteiger charge is 2.34. The van der Waals surface area contributed by atoms with Crippen LogP contribution in [0.4, 0.5) is 5.69 Å². The summed E-state index contributed by atoms with van der Waals surface area (Å²) in [6, 6.07) is 22.2. The molecule has 1 aliphatic rings. The topological polar surface area (TPSA) is 65.1 Å². The van der Waals surface area contributed by atoms with E-state index >= 15 is 0 Å². The first-order valence-electron chi connectivity index (χ1n) is 10.6. The summed E-state index contributed by atoms with van der Waals surface area (Å²) < 4.78 is 16.6. The molecule has 0 saturated carbocycles. The highest BCUT2D eigenvalue weighted by molar-refractivity contribution is 6.30. The predicted molar refractivity (Wildman–Crippen MR) is 126 cm³/mol. The Labute approximate surface area is 197 Å². The van der Waals surface area contributed by atoms with Crippen molar-refractivity contribution < 1.29 is 23.8 Å². The van der Waals surface area contributed by atoms with Gasteiger partial charge < -0.3 is 19.1 Å². The summed E-state index contributed by atoms with van der Waals surface area (Å²) in [5, 5.41) is 0.626. The van der Waals surface area contributed by atoms with Crippen molar-refractivity contribution in [2.45, 2.75) is 25.5 Å². The van der Waals surface area contributed by atoms with E-state index in [1.165, 1.54) is 7.11 Å². The molecule has 3 aromatic rings. The number of nitrogens with zero attached hydrogens (tertiary/aromatic N) is 1. The molecule has 7 heteroatoms. The molecular weight excluding hydrogens is 442 g/mol. The molecule has 170 valence electrons. The normalized spacial score (nSPS) is 14.9. The molecule has 0 aliphatic carbocycles. The largest absolute Gasteiger partial charge is 0.493 e. The van der Waals surface area contributed by atoms with E-state index < -0.39 is 6.10 Å². The summed E-state index contributed by atoms with van der Waals surface area (Å²) >= 11 is 6.13. The van der Waals surface area contributed by atoms with Crippen molar-refractivity contribution >= 4 is 29.2 Å². The van der Waals surface area contributed by atoms with Crippen LogP contribution in [0.5, 0.6) is 11.5 Å². The molecular formula is C26H24ClNO5. The van der Waals surface area contributed by atoms with Crippen LogP contribution in [0, 0.1) is 0 Å². The van der Waals surface area contributed by atoms with Crippen LogP contribution in [0.15, 0.2) is 72.8 Å². The maximum absolute atomic E-state index is 13.3. The number of benzene rings is 3. The summed E-state index contributed by atoms with van der Waals surface area (Å²) in [5.74, 6) is 0.837. The molecule has 0 bridgehead atoms. The van der Waals surface area contributed by atoms with Crippen molar-refractivity contribution in [1.29, 1.82) is 0 Å². The SMILES string of the molecule is COC(=O)Cc1cccc(OCCC2Oc3ccccc3N(Cc3cccc(Cl)c3)C2=O)c1. The molecule has 0 fully saturated rings. The Morgan fingerprint density at radius 3 is 2.64 bits per heavy atom. The number of ether oxygens (including phenoxy) is 3.